The molecule has 2 unspecified atom stereocenters. The van der Waals surface area contributed by atoms with Crippen molar-refractivity contribution in [2.45, 2.75) is 32.0 Å². The fourth-order valence-corrected chi connectivity index (χ4v) is 3.73. The molecule has 2 aromatic carbocycles. The molecule has 134 valence electrons. The summed E-state index contributed by atoms with van der Waals surface area (Å²) in [4.78, 5) is 14.1. The second-order valence-electron chi connectivity index (χ2n) is 6.39. The standard InChI is InChI=1S/C22H24N2OS/c1-16(20-14-9-15-26-20)23-17(2)22(25)24-21(18-10-5-3-6-11-18)19-12-7-4-8-13-19/h3-17,21,23H,1-2H3,(H,24,25). The Morgan fingerprint density at radius 2 is 1.42 bits per heavy atom. The molecule has 2 atom stereocenters. The van der Waals surface area contributed by atoms with E-state index in [0.29, 0.717) is 0 Å². The van der Waals surface area contributed by atoms with Crippen molar-refractivity contribution in [1.29, 1.82) is 0 Å². The lowest BCUT2D eigenvalue weighted by Crippen LogP contribution is -2.44. The van der Waals surface area contributed by atoms with Crippen LogP contribution in [0.4, 0.5) is 0 Å². The van der Waals surface area contributed by atoms with Gasteiger partial charge in [-0.2, -0.15) is 0 Å². The highest BCUT2D eigenvalue weighted by Crippen LogP contribution is 2.22. The summed E-state index contributed by atoms with van der Waals surface area (Å²) in [5, 5.41) is 8.65. The van der Waals surface area contributed by atoms with Crippen LogP contribution >= 0.6 is 11.3 Å². The van der Waals surface area contributed by atoms with E-state index in [1.54, 1.807) is 11.3 Å². The fraction of sp³-hybridized carbons (Fsp3) is 0.227. The molecule has 0 radical (unpaired) electrons. The van der Waals surface area contributed by atoms with Crippen molar-refractivity contribution >= 4 is 17.2 Å². The number of carbonyl (C=O) groups excluding carboxylic acids is 1. The Balaban J connectivity index is 1.73. The Hall–Kier alpha value is -2.43. The quantitative estimate of drug-likeness (QED) is 0.638. The van der Waals surface area contributed by atoms with Gasteiger partial charge in [0.15, 0.2) is 0 Å². The first-order valence-corrected chi connectivity index (χ1v) is 9.73. The van der Waals surface area contributed by atoms with Crippen molar-refractivity contribution < 1.29 is 4.79 Å². The van der Waals surface area contributed by atoms with Gasteiger partial charge in [-0.3, -0.25) is 10.1 Å². The summed E-state index contributed by atoms with van der Waals surface area (Å²) in [6, 6.07) is 24.0. The van der Waals surface area contributed by atoms with Gasteiger partial charge in [0.1, 0.15) is 0 Å². The van der Waals surface area contributed by atoms with Crippen LogP contribution in [0.5, 0.6) is 0 Å². The first kappa shape index (κ1) is 18.4. The molecule has 4 heteroatoms. The topological polar surface area (TPSA) is 41.1 Å². The third-order valence-corrected chi connectivity index (χ3v) is 5.47. The molecule has 0 bridgehead atoms. The third-order valence-electron chi connectivity index (χ3n) is 4.42. The van der Waals surface area contributed by atoms with Crippen molar-refractivity contribution in [3.8, 4) is 0 Å². The van der Waals surface area contributed by atoms with Crippen LogP contribution < -0.4 is 10.6 Å². The van der Waals surface area contributed by atoms with Crippen LogP contribution in [-0.2, 0) is 4.79 Å². The Morgan fingerprint density at radius 1 is 0.846 bits per heavy atom. The Labute approximate surface area is 159 Å². The van der Waals surface area contributed by atoms with E-state index in [0.717, 1.165) is 11.1 Å². The monoisotopic (exact) mass is 364 g/mol. The van der Waals surface area contributed by atoms with Gasteiger partial charge in [0, 0.05) is 10.9 Å². The molecular formula is C22H24N2OS. The van der Waals surface area contributed by atoms with Crippen LogP contribution in [-0.4, -0.2) is 11.9 Å². The van der Waals surface area contributed by atoms with E-state index in [1.807, 2.05) is 73.7 Å². The lowest BCUT2D eigenvalue weighted by Gasteiger charge is -2.24. The summed E-state index contributed by atoms with van der Waals surface area (Å²) in [6.07, 6.45) is 0. The average molecular weight is 365 g/mol. The van der Waals surface area contributed by atoms with Gasteiger partial charge in [-0.1, -0.05) is 66.7 Å². The van der Waals surface area contributed by atoms with Crippen molar-refractivity contribution in [3.63, 3.8) is 0 Å². The van der Waals surface area contributed by atoms with E-state index in [2.05, 4.69) is 29.0 Å². The molecule has 0 saturated carbocycles. The van der Waals surface area contributed by atoms with E-state index in [4.69, 9.17) is 0 Å². The number of amides is 1. The average Bonchev–Trinajstić information content (AvgIpc) is 3.22. The molecule has 0 spiro atoms. The molecule has 3 nitrogen and oxygen atoms in total. The van der Waals surface area contributed by atoms with Crippen LogP contribution in [0.2, 0.25) is 0 Å². The molecule has 3 rings (SSSR count). The van der Waals surface area contributed by atoms with Crippen molar-refractivity contribution in [2.75, 3.05) is 0 Å². The maximum atomic E-state index is 12.8. The molecule has 0 aliphatic rings. The molecular weight excluding hydrogens is 340 g/mol. The number of carbonyl (C=O) groups is 1. The Morgan fingerprint density at radius 3 is 1.92 bits per heavy atom. The zero-order valence-corrected chi connectivity index (χ0v) is 15.9. The number of hydrogen-bond donors (Lipinski definition) is 2. The van der Waals surface area contributed by atoms with Crippen molar-refractivity contribution in [1.82, 2.24) is 10.6 Å². The van der Waals surface area contributed by atoms with Gasteiger partial charge in [-0.25, -0.2) is 0 Å². The van der Waals surface area contributed by atoms with Crippen LogP contribution in [0.15, 0.2) is 78.2 Å². The van der Waals surface area contributed by atoms with Crippen molar-refractivity contribution in [2.24, 2.45) is 0 Å². The molecule has 3 aromatic rings. The second kappa shape index (κ2) is 8.79. The van der Waals surface area contributed by atoms with E-state index in [9.17, 15) is 4.79 Å². The van der Waals surface area contributed by atoms with Gasteiger partial charge in [0.25, 0.3) is 0 Å². The largest absolute Gasteiger partial charge is 0.344 e. The summed E-state index contributed by atoms with van der Waals surface area (Å²) in [5.41, 5.74) is 2.15. The zero-order chi connectivity index (χ0) is 18.4. The highest BCUT2D eigenvalue weighted by molar-refractivity contribution is 7.10. The van der Waals surface area contributed by atoms with Crippen LogP contribution in [0, 0.1) is 0 Å². The highest BCUT2D eigenvalue weighted by atomic mass is 32.1. The first-order valence-electron chi connectivity index (χ1n) is 8.85. The lowest BCUT2D eigenvalue weighted by atomic mass is 9.98. The summed E-state index contributed by atoms with van der Waals surface area (Å²) >= 11 is 1.70. The van der Waals surface area contributed by atoms with E-state index >= 15 is 0 Å². The fourth-order valence-electron chi connectivity index (χ4n) is 2.99. The van der Waals surface area contributed by atoms with Crippen LogP contribution in [0.3, 0.4) is 0 Å². The van der Waals surface area contributed by atoms with Crippen LogP contribution in [0.1, 0.15) is 41.9 Å². The van der Waals surface area contributed by atoms with Gasteiger partial charge < -0.3 is 5.32 Å². The Kier molecular flexibility index (Phi) is 6.21. The molecule has 0 fully saturated rings. The summed E-state index contributed by atoms with van der Waals surface area (Å²) in [6.45, 7) is 3.99. The maximum absolute atomic E-state index is 12.8. The minimum atomic E-state index is -0.290. The molecule has 1 heterocycles. The minimum Gasteiger partial charge on any atom is -0.344 e. The van der Waals surface area contributed by atoms with Gasteiger partial charge >= 0.3 is 0 Å². The SMILES string of the molecule is CC(NC(C)c1cccs1)C(=O)NC(c1ccccc1)c1ccccc1. The van der Waals surface area contributed by atoms with Gasteiger partial charge in [-0.05, 0) is 36.4 Å². The molecule has 0 aliphatic carbocycles. The number of benzene rings is 2. The smallest absolute Gasteiger partial charge is 0.237 e. The third kappa shape index (κ3) is 4.59. The molecule has 2 N–H and O–H groups in total. The number of thiophene rings is 1. The molecule has 1 aromatic heterocycles. The molecule has 0 saturated heterocycles. The molecule has 1 amide bonds. The number of nitrogens with one attached hydrogen (secondary N) is 2. The van der Waals surface area contributed by atoms with E-state index < -0.39 is 0 Å². The summed E-state index contributed by atoms with van der Waals surface area (Å²) in [7, 11) is 0. The predicted molar refractivity (Wildman–Crippen MR) is 108 cm³/mol. The van der Waals surface area contributed by atoms with E-state index in [1.165, 1.54) is 4.88 Å². The number of hydrogen-bond acceptors (Lipinski definition) is 3. The van der Waals surface area contributed by atoms with Gasteiger partial charge in [0.05, 0.1) is 12.1 Å². The minimum absolute atomic E-state index is 0.00823. The normalized spacial score (nSPS) is 13.3. The second-order valence-corrected chi connectivity index (χ2v) is 7.37. The molecule has 26 heavy (non-hydrogen) atoms. The first-order chi connectivity index (χ1) is 12.6. The van der Waals surface area contributed by atoms with Crippen molar-refractivity contribution in [3.05, 3.63) is 94.2 Å². The lowest BCUT2D eigenvalue weighted by molar-refractivity contribution is -0.123. The zero-order valence-electron chi connectivity index (χ0n) is 15.1. The summed E-state index contributed by atoms with van der Waals surface area (Å²) in [5.74, 6) is -0.00823. The maximum Gasteiger partial charge on any atom is 0.237 e. The Bertz CT molecular complexity index is 763. The number of rotatable bonds is 7. The van der Waals surface area contributed by atoms with Crippen LogP contribution in [0.25, 0.3) is 0 Å². The molecule has 0 aliphatic heterocycles. The van der Waals surface area contributed by atoms with Gasteiger partial charge in [-0.15, -0.1) is 11.3 Å². The summed E-state index contributed by atoms with van der Waals surface area (Å²) < 4.78 is 0. The highest BCUT2D eigenvalue weighted by Gasteiger charge is 2.22. The van der Waals surface area contributed by atoms with Gasteiger partial charge in [0.2, 0.25) is 5.91 Å². The van der Waals surface area contributed by atoms with E-state index in [-0.39, 0.29) is 24.0 Å². The predicted octanol–water partition coefficient (Wildman–Crippen LogP) is 4.69.